The zero-order valence-corrected chi connectivity index (χ0v) is 16.3. The fourth-order valence-corrected chi connectivity index (χ4v) is 4.16. The smallest absolute Gasteiger partial charge is 0.292 e. The van der Waals surface area contributed by atoms with Crippen molar-refractivity contribution in [3.05, 3.63) is 91.0 Å². The molecule has 0 fully saturated rings. The van der Waals surface area contributed by atoms with E-state index in [-0.39, 0.29) is 4.90 Å². The maximum absolute atomic E-state index is 11.7. The number of quaternary nitrogens is 1. The summed E-state index contributed by atoms with van der Waals surface area (Å²) >= 11 is 0. The molecule has 1 aromatic heterocycles. The van der Waals surface area contributed by atoms with Gasteiger partial charge in [0.2, 0.25) is 0 Å². The molecule has 0 radical (unpaired) electrons. The molecule has 0 bridgehead atoms. The Labute approximate surface area is 168 Å². The molecule has 0 aliphatic rings. The second-order valence-electron chi connectivity index (χ2n) is 6.93. The quantitative estimate of drug-likeness (QED) is 0.501. The molecule has 5 rings (SSSR count). The van der Waals surface area contributed by atoms with Crippen LogP contribution in [0.2, 0.25) is 0 Å². The third-order valence-electron chi connectivity index (χ3n) is 5.02. The summed E-state index contributed by atoms with van der Waals surface area (Å²) in [5, 5.41) is 5.54. The molecule has 29 heavy (non-hydrogen) atoms. The van der Waals surface area contributed by atoms with Gasteiger partial charge in [-0.3, -0.25) is 4.57 Å². The van der Waals surface area contributed by atoms with Crippen molar-refractivity contribution in [2.75, 3.05) is 0 Å². The predicted octanol–water partition coefficient (Wildman–Crippen LogP) is 3.78. The van der Waals surface area contributed by atoms with Crippen molar-refractivity contribution >= 4 is 31.8 Å². The number of aromatic nitrogens is 2. The van der Waals surface area contributed by atoms with Gasteiger partial charge in [-0.1, -0.05) is 42.5 Å². The van der Waals surface area contributed by atoms with Crippen LogP contribution in [-0.2, 0) is 10.0 Å². The standard InChI is InChI=1S/C23H17N3O2S/c24-29(27,28)20-13-10-17(11-14-20)23-25-21-7-3-4-8-22(21)26(23)19-12-9-16-5-1-2-6-18(16)15-19/h1-15H,(H2,24,27,28)/p+1. The molecule has 0 saturated heterocycles. The second kappa shape index (κ2) is 6.55. The third kappa shape index (κ3) is 3.08. The summed E-state index contributed by atoms with van der Waals surface area (Å²) < 4.78 is 25.5. The molecule has 3 N–H and O–H groups in total. The number of hydrogen-bond acceptors (Lipinski definition) is 3. The van der Waals surface area contributed by atoms with E-state index in [0.29, 0.717) is 0 Å². The first-order valence-corrected chi connectivity index (χ1v) is 10.8. The molecule has 4 aromatic carbocycles. The summed E-state index contributed by atoms with van der Waals surface area (Å²) in [7, 11) is -3.49. The highest BCUT2D eigenvalue weighted by molar-refractivity contribution is 7.84. The minimum atomic E-state index is -3.49. The van der Waals surface area contributed by atoms with Crippen molar-refractivity contribution < 1.29 is 13.6 Å². The van der Waals surface area contributed by atoms with Gasteiger partial charge in [0.15, 0.2) is 0 Å². The molecule has 0 saturated carbocycles. The van der Waals surface area contributed by atoms with Gasteiger partial charge < -0.3 is 0 Å². The molecule has 142 valence electrons. The molecule has 0 spiro atoms. The molecular weight excluding hydrogens is 382 g/mol. The molecule has 0 aliphatic heterocycles. The molecule has 6 heteroatoms. The first-order valence-electron chi connectivity index (χ1n) is 9.16. The first-order chi connectivity index (χ1) is 14.0. The highest BCUT2D eigenvalue weighted by Gasteiger charge is 2.16. The molecule has 0 unspecified atom stereocenters. The van der Waals surface area contributed by atoms with E-state index in [1.165, 1.54) is 5.39 Å². The van der Waals surface area contributed by atoms with Gasteiger partial charge >= 0.3 is 10.0 Å². The number of benzene rings is 4. The Bertz CT molecular complexity index is 1470. The SMILES string of the molecule is [NH3+]S(=O)(=O)c1ccc(-c2nc3ccccc3n2-c2ccc3ccccc3c2)cc1. The van der Waals surface area contributed by atoms with Crippen molar-refractivity contribution in [2.45, 2.75) is 4.90 Å². The minimum absolute atomic E-state index is 0.189. The Morgan fingerprint density at radius 2 is 1.45 bits per heavy atom. The van der Waals surface area contributed by atoms with Crippen molar-refractivity contribution in [3.63, 3.8) is 0 Å². The first kappa shape index (κ1) is 17.6. The van der Waals surface area contributed by atoms with E-state index in [2.05, 4.69) is 40.0 Å². The highest BCUT2D eigenvalue weighted by Crippen LogP contribution is 2.30. The lowest BCUT2D eigenvalue weighted by molar-refractivity contribution is -0.164. The van der Waals surface area contributed by atoms with E-state index >= 15 is 0 Å². The van der Waals surface area contributed by atoms with Crippen LogP contribution in [0.25, 0.3) is 38.9 Å². The summed E-state index contributed by atoms with van der Waals surface area (Å²) in [4.78, 5) is 5.02. The van der Waals surface area contributed by atoms with Crippen LogP contribution in [0.5, 0.6) is 0 Å². The van der Waals surface area contributed by atoms with Gasteiger partial charge in [-0.2, -0.15) is 8.42 Å². The molecule has 0 aliphatic carbocycles. The van der Waals surface area contributed by atoms with Gasteiger partial charge in [-0.25, -0.2) is 10.1 Å². The maximum atomic E-state index is 11.7. The third-order valence-corrected chi connectivity index (χ3v) is 6.01. The van der Waals surface area contributed by atoms with Gasteiger partial charge in [0, 0.05) is 11.3 Å². The van der Waals surface area contributed by atoms with Crippen LogP contribution in [0.3, 0.4) is 0 Å². The minimum Gasteiger partial charge on any atom is -0.292 e. The van der Waals surface area contributed by atoms with E-state index in [1.54, 1.807) is 24.3 Å². The lowest BCUT2D eigenvalue weighted by atomic mass is 10.1. The highest BCUT2D eigenvalue weighted by atomic mass is 32.2. The fourth-order valence-electron chi connectivity index (χ4n) is 3.61. The van der Waals surface area contributed by atoms with E-state index in [1.807, 2.05) is 36.4 Å². The molecule has 0 atom stereocenters. The van der Waals surface area contributed by atoms with E-state index in [4.69, 9.17) is 4.98 Å². The van der Waals surface area contributed by atoms with Crippen LogP contribution in [0, 0.1) is 0 Å². The summed E-state index contributed by atoms with van der Waals surface area (Å²) in [6.07, 6.45) is 0. The van der Waals surface area contributed by atoms with Gasteiger partial charge in [0.05, 0.1) is 11.0 Å². The van der Waals surface area contributed by atoms with Crippen LogP contribution < -0.4 is 5.14 Å². The van der Waals surface area contributed by atoms with Crippen molar-refractivity contribution in [2.24, 2.45) is 0 Å². The fraction of sp³-hybridized carbons (Fsp3) is 0. The zero-order valence-electron chi connectivity index (χ0n) is 15.5. The van der Waals surface area contributed by atoms with E-state index in [9.17, 15) is 8.42 Å². The monoisotopic (exact) mass is 400 g/mol. The Balaban J connectivity index is 1.76. The van der Waals surface area contributed by atoms with Gasteiger partial charge in [-0.15, -0.1) is 0 Å². The average molecular weight is 400 g/mol. The van der Waals surface area contributed by atoms with Crippen LogP contribution in [0.15, 0.2) is 95.9 Å². The van der Waals surface area contributed by atoms with Gasteiger partial charge in [-0.05, 0) is 59.3 Å². The topological polar surface area (TPSA) is 79.6 Å². The number of imidazole rings is 1. The maximum Gasteiger partial charge on any atom is 0.322 e. The molecule has 5 aromatic rings. The number of para-hydroxylation sites is 2. The Hall–Kier alpha value is -3.48. The van der Waals surface area contributed by atoms with Crippen molar-refractivity contribution in [1.82, 2.24) is 9.55 Å². The number of nitrogens with zero attached hydrogens (tertiary/aromatic N) is 2. The molecule has 0 amide bonds. The summed E-state index contributed by atoms with van der Waals surface area (Å²) in [6.45, 7) is 0. The Morgan fingerprint density at radius 3 is 2.21 bits per heavy atom. The normalized spacial score (nSPS) is 11.9. The summed E-state index contributed by atoms with van der Waals surface area (Å²) in [6, 6.07) is 29.2. The van der Waals surface area contributed by atoms with Crippen LogP contribution in [0.1, 0.15) is 0 Å². The molecule has 5 nitrogen and oxygen atoms in total. The zero-order chi connectivity index (χ0) is 20.0. The summed E-state index contributed by atoms with van der Waals surface area (Å²) in [5.41, 5.74) is 3.71. The van der Waals surface area contributed by atoms with E-state index < -0.39 is 10.0 Å². The van der Waals surface area contributed by atoms with Gasteiger partial charge in [0.25, 0.3) is 0 Å². The van der Waals surface area contributed by atoms with Crippen LogP contribution in [-0.4, -0.2) is 18.0 Å². The van der Waals surface area contributed by atoms with Gasteiger partial charge in [0.1, 0.15) is 10.7 Å². The van der Waals surface area contributed by atoms with Crippen LogP contribution >= 0.6 is 0 Å². The Morgan fingerprint density at radius 1 is 0.759 bits per heavy atom. The largest absolute Gasteiger partial charge is 0.322 e. The molecular formula is C23H18N3O2S+. The van der Waals surface area contributed by atoms with E-state index in [0.717, 1.165) is 33.5 Å². The number of fused-ring (bicyclic) bond motifs is 2. The molecule has 1 heterocycles. The van der Waals surface area contributed by atoms with Crippen molar-refractivity contribution in [1.29, 1.82) is 0 Å². The van der Waals surface area contributed by atoms with Crippen molar-refractivity contribution in [3.8, 4) is 17.1 Å². The lowest BCUT2D eigenvalue weighted by Gasteiger charge is -2.11. The predicted molar refractivity (Wildman–Crippen MR) is 114 cm³/mol. The Kier molecular flexibility index (Phi) is 3.97. The van der Waals surface area contributed by atoms with Crippen LogP contribution in [0.4, 0.5) is 0 Å². The lowest BCUT2D eigenvalue weighted by Crippen LogP contribution is -2.56. The number of rotatable bonds is 3. The number of hydrogen-bond donors (Lipinski definition) is 1. The number of sulfonamides is 1. The summed E-state index contributed by atoms with van der Waals surface area (Å²) in [5.74, 6) is 0.759. The average Bonchev–Trinajstić information content (AvgIpc) is 3.12. The second-order valence-corrected chi connectivity index (χ2v) is 8.63.